The van der Waals surface area contributed by atoms with E-state index < -0.39 is 0 Å². The predicted octanol–water partition coefficient (Wildman–Crippen LogP) is 0.421. The van der Waals surface area contributed by atoms with Crippen molar-refractivity contribution in [2.24, 2.45) is 0 Å². The summed E-state index contributed by atoms with van der Waals surface area (Å²) in [7, 11) is 5.96. The molecule has 0 heterocycles. The Morgan fingerprint density at radius 3 is 2.25 bits per heavy atom. The largest absolute Gasteiger partial charge is 0.134 e. The molecule has 2 radical (unpaired) electrons. The molecule has 1 atom stereocenters. The molecule has 1 unspecified atom stereocenters. The maximum atomic E-state index is 5.04. The van der Waals surface area contributed by atoms with Crippen LogP contribution in [0, 0.1) is 0 Å². The van der Waals surface area contributed by atoms with E-state index >= 15 is 0 Å². The van der Waals surface area contributed by atoms with Gasteiger partial charge in [-0.15, -0.1) is 8.58 Å². The summed E-state index contributed by atoms with van der Waals surface area (Å²) in [6.45, 7) is 2.08. The van der Waals surface area contributed by atoms with Gasteiger partial charge >= 0.3 is 0 Å². The Bertz CT molecular complexity index is 8.00. The van der Waals surface area contributed by atoms with Gasteiger partial charge in [0, 0.05) is 0 Å². The highest BCUT2D eigenvalue weighted by molar-refractivity contribution is 7.39. The summed E-state index contributed by atoms with van der Waals surface area (Å²) in [6, 6.07) is 0.847. The summed E-state index contributed by atoms with van der Waals surface area (Å²) >= 11 is 0. The van der Waals surface area contributed by atoms with Crippen LogP contribution < -0.4 is 0 Å². The summed E-state index contributed by atoms with van der Waals surface area (Å²) < 4.78 is 0. The first kappa shape index (κ1) is 4.49. The highest BCUT2D eigenvalue weighted by Crippen LogP contribution is 1.92. The Hall–Kier alpha value is 0.495. The zero-order valence-electron chi connectivity index (χ0n) is 2.78. The quantitative estimate of drug-likeness (QED) is 0.311. The molecule has 4 heavy (non-hydrogen) atoms. The summed E-state index contributed by atoms with van der Waals surface area (Å²) in [5.74, 6) is 0. The van der Waals surface area contributed by atoms with Crippen molar-refractivity contribution >= 4 is 16.4 Å². The van der Waals surface area contributed by atoms with Crippen LogP contribution in [-0.2, 0) is 0 Å². The van der Waals surface area contributed by atoms with Gasteiger partial charge in [-0.05, 0) is 6.66 Å². The second-order valence-corrected chi connectivity index (χ2v) is 1.67. The fourth-order valence-electron chi connectivity index (χ4n) is 0. The molecule has 0 amide bonds. The molecule has 22 valence electrons. The van der Waals surface area contributed by atoms with E-state index in [9.17, 15) is 0 Å². The third-order valence-corrected chi connectivity index (χ3v) is 0.612. The van der Waals surface area contributed by atoms with Crippen LogP contribution in [0.1, 0.15) is 0 Å². The van der Waals surface area contributed by atoms with Crippen molar-refractivity contribution in [3.05, 3.63) is 0 Å². The van der Waals surface area contributed by atoms with Gasteiger partial charge in [0.15, 0.2) is 0 Å². The van der Waals surface area contributed by atoms with Crippen LogP contribution in [0.25, 0.3) is 0 Å². The molecule has 0 aromatic heterocycles. The topological polar surface area (TPSA) is 0 Å². The minimum Gasteiger partial charge on any atom is -0.134 e. The van der Waals surface area contributed by atoms with E-state index in [1.165, 1.54) is 0 Å². The Morgan fingerprint density at radius 1 is 2.00 bits per heavy atom. The molecule has 0 aromatic rings. The summed E-state index contributed by atoms with van der Waals surface area (Å²) in [5.41, 5.74) is 0. The smallest absolute Gasteiger partial charge is 0.0712 e. The fraction of sp³-hybridized carbons (Fsp3) is 1.00. The van der Waals surface area contributed by atoms with Crippen LogP contribution in [0.15, 0.2) is 0 Å². The lowest BCUT2D eigenvalue weighted by Crippen LogP contribution is -1.60. The fourth-order valence-corrected chi connectivity index (χ4v) is 0. The Kier molecular flexibility index (Phi) is 3.93. The van der Waals surface area contributed by atoms with Crippen LogP contribution in [0.4, 0.5) is 0 Å². The normalized spacial score (nSPS) is 10.2. The molecule has 0 aliphatic heterocycles. The van der Waals surface area contributed by atoms with Gasteiger partial charge in [0.1, 0.15) is 0 Å². The molecular weight excluding hydrogens is 65.8 g/mol. The van der Waals surface area contributed by atoms with Crippen molar-refractivity contribution in [1.29, 1.82) is 0 Å². The van der Waals surface area contributed by atoms with Gasteiger partial charge in [0.05, 0.1) is 7.85 Å². The van der Waals surface area contributed by atoms with Gasteiger partial charge in [-0.3, -0.25) is 0 Å². The molecule has 0 fully saturated rings. The Morgan fingerprint density at radius 2 is 2.25 bits per heavy atom. The first-order valence-electron chi connectivity index (χ1n) is 1.26. The molecule has 0 N–H and O–H groups in total. The molecule has 0 rings (SSSR count). The monoisotopic (exact) mass is 72.0 g/mol. The van der Waals surface area contributed by atoms with E-state index in [1.807, 2.05) is 0 Å². The zero-order chi connectivity index (χ0) is 3.41. The average Bonchev–Trinajstić information content (AvgIpc) is 1.37. The van der Waals surface area contributed by atoms with Crippen LogP contribution in [0.2, 0.25) is 0 Å². The minimum atomic E-state index is 0.847. The van der Waals surface area contributed by atoms with Gasteiger partial charge < -0.3 is 0 Å². The van der Waals surface area contributed by atoms with E-state index in [0.717, 1.165) is 14.6 Å². The summed E-state index contributed by atoms with van der Waals surface area (Å²) in [6.07, 6.45) is 0. The number of rotatable bonds is 1. The lowest BCUT2D eigenvalue weighted by atomic mass is 10.2. The van der Waals surface area contributed by atoms with E-state index in [0.29, 0.717) is 0 Å². The highest BCUT2D eigenvalue weighted by Gasteiger charge is 1.55. The first-order chi connectivity index (χ1) is 1.91. The molecule has 0 bridgehead atoms. The van der Waals surface area contributed by atoms with Crippen molar-refractivity contribution in [2.45, 2.75) is 0 Å². The van der Waals surface area contributed by atoms with E-state index in [1.54, 1.807) is 0 Å². The molecule has 0 saturated carbocycles. The van der Waals surface area contributed by atoms with E-state index in [-0.39, 0.29) is 0 Å². The number of hydrogen-bond acceptors (Lipinski definition) is 0. The standard InChI is InChI=1S/C2H6BP/c1-4-2-3/h4H,2H2,1H3. The highest BCUT2D eigenvalue weighted by atomic mass is 31.1. The summed E-state index contributed by atoms with van der Waals surface area (Å²) in [4.78, 5) is 0. The van der Waals surface area contributed by atoms with Gasteiger partial charge in [0.2, 0.25) is 0 Å². The molecule has 0 saturated heterocycles. The van der Waals surface area contributed by atoms with Gasteiger partial charge in [-0.25, -0.2) is 0 Å². The third-order valence-electron chi connectivity index (χ3n) is 0.204. The second-order valence-electron chi connectivity index (χ2n) is 0.558. The molecule has 0 aromatic carbocycles. The van der Waals surface area contributed by atoms with Crippen LogP contribution in [-0.4, -0.2) is 20.6 Å². The molecule has 2 heteroatoms. The molecular formula is C2H6BP. The zero-order valence-corrected chi connectivity index (χ0v) is 3.78. The molecule has 0 spiro atoms. The van der Waals surface area contributed by atoms with Gasteiger partial charge in [-0.2, -0.15) is 0 Å². The van der Waals surface area contributed by atoms with Gasteiger partial charge in [-0.1, -0.05) is 6.06 Å². The van der Waals surface area contributed by atoms with Crippen molar-refractivity contribution in [1.82, 2.24) is 0 Å². The lowest BCUT2D eigenvalue weighted by molar-refractivity contribution is 2.15. The number of hydrogen-bond donors (Lipinski definition) is 0. The molecule has 0 aliphatic carbocycles. The maximum Gasteiger partial charge on any atom is 0.0712 e. The van der Waals surface area contributed by atoms with Crippen LogP contribution >= 0.6 is 8.58 Å². The van der Waals surface area contributed by atoms with E-state index in [2.05, 4.69) is 6.66 Å². The van der Waals surface area contributed by atoms with E-state index in [4.69, 9.17) is 7.85 Å². The van der Waals surface area contributed by atoms with Gasteiger partial charge in [0.25, 0.3) is 0 Å². The predicted molar refractivity (Wildman–Crippen MR) is 24.9 cm³/mol. The minimum absolute atomic E-state index is 0.847. The lowest BCUT2D eigenvalue weighted by Gasteiger charge is -1.69. The second kappa shape index (κ2) is 3.49. The molecule has 0 aliphatic rings. The third kappa shape index (κ3) is 2.49. The van der Waals surface area contributed by atoms with Crippen LogP contribution in [0.3, 0.4) is 0 Å². The van der Waals surface area contributed by atoms with Crippen molar-refractivity contribution < 1.29 is 0 Å². The first-order valence-corrected chi connectivity index (χ1v) is 2.97. The maximum absolute atomic E-state index is 5.04. The molecule has 0 nitrogen and oxygen atoms in total. The van der Waals surface area contributed by atoms with Crippen molar-refractivity contribution in [3.63, 3.8) is 0 Å². The van der Waals surface area contributed by atoms with Crippen molar-refractivity contribution in [2.75, 3.05) is 12.7 Å². The SMILES string of the molecule is [B]CPC. The van der Waals surface area contributed by atoms with Crippen LogP contribution in [0.5, 0.6) is 0 Å². The average molecular weight is 71.9 g/mol. The Balaban J connectivity index is 1.97. The summed E-state index contributed by atoms with van der Waals surface area (Å²) in [5, 5.41) is 0. The Labute approximate surface area is 30.2 Å². The van der Waals surface area contributed by atoms with Crippen molar-refractivity contribution in [3.8, 4) is 0 Å².